The molecule has 2 amide bonds. The molecule has 3 atom stereocenters. The van der Waals surface area contributed by atoms with Crippen molar-refractivity contribution in [3.63, 3.8) is 0 Å². The normalized spacial score (nSPS) is 20.3. The molecule has 0 unspecified atom stereocenters. The molecule has 5 rings (SSSR count). The van der Waals surface area contributed by atoms with E-state index in [9.17, 15) is 37.9 Å². The standard InChI is InChI=1S/C30H25ClF3N5O4/c31-22-7-2-1-6-21(22)26(24(40)9-8-17-14-30(33,34)15-17)38(20-5-3-4-18(32)12-20)27(42)23-13-25(41)28(43)39(23)29-36-11-10-19(16-35)37-29/h1-7,10-12,17,23,25-26,41H,8-9,13-15H2/t23-,25+,26-/m0/s1. The first-order valence-corrected chi connectivity index (χ1v) is 13.8. The Morgan fingerprint density at radius 2 is 1.93 bits per heavy atom. The number of anilines is 2. The number of aromatic nitrogens is 2. The van der Waals surface area contributed by atoms with Gasteiger partial charge in [0.15, 0.2) is 5.78 Å². The zero-order valence-electron chi connectivity index (χ0n) is 22.5. The smallest absolute Gasteiger partial charge is 0.259 e. The van der Waals surface area contributed by atoms with Crippen LogP contribution in [0.25, 0.3) is 0 Å². The van der Waals surface area contributed by atoms with Gasteiger partial charge >= 0.3 is 0 Å². The van der Waals surface area contributed by atoms with Gasteiger partial charge in [-0.2, -0.15) is 5.26 Å². The first-order chi connectivity index (χ1) is 20.5. The number of halogens is 4. The number of amides is 2. The van der Waals surface area contributed by atoms with Crippen LogP contribution in [0.2, 0.25) is 5.02 Å². The predicted molar refractivity (Wildman–Crippen MR) is 149 cm³/mol. The number of hydrogen-bond donors (Lipinski definition) is 1. The number of carbonyl (C=O) groups excluding carboxylic acids is 3. The molecule has 1 N–H and O–H groups in total. The summed E-state index contributed by atoms with van der Waals surface area (Å²) in [6.45, 7) is 0. The molecule has 2 fully saturated rings. The molecule has 1 saturated heterocycles. The molecule has 1 aliphatic heterocycles. The van der Waals surface area contributed by atoms with Crippen LogP contribution in [-0.4, -0.2) is 50.7 Å². The summed E-state index contributed by atoms with van der Waals surface area (Å²) in [5.74, 6) is -6.52. The van der Waals surface area contributed by atoms with E-state index in [2.05, 4.69) is 9.97 Å². The second-order valence-corrected chi connectivity index (χ2v) is 11.0. The van der Waals surface area contributed by atoms with Crippen LogP contribution in [0.4, 0.5) is 24.8 Å². The van der Waals surface area contributed by atoms with E-state index in [1.807, 2.05) is 6.07 Å². The fraction of sp³-hybridized carbons (Fsp3) is 0.333. The number of hydrogen-bond acceptors (Lipinski definition) is 7. The van der Waals surface area contributed by atoms with Gasteiger partial charge < -0.3 is 5.11 Å². The average Bonchev–Trinajstić information content (AvgIpc) is 3.27. The molecule has 1 saturated carbocycles. The lowest BCUT2D eigenvalue weighted by atomic mass is 9.77. The minimum Gasteiger partial charge on any atom is -0.383 e. The third kappa shape index (κ3) is 6.23. The Labute approximate surface area is 249 Å². The van der Waals surface area contributed by atoms with Gasteiger partial charge in [0.1, 0.15) is 35.8 Å². The molecule has 9 nitrogen and oxygen atoms in total. The largest absolute Gasteiger partial charge is 0.383 e. The summed E-state index contributed by atoms with van der Waals surface area (Å²) in [5, 5.41) is 19.9. The second-order valence-electron chi connectivity index (χ2n) is 10.6. The van der Waals surface area contributed by atoms with Crippen LogP contribution >= 0.6 is 11.6 Å². The van der Waals surface area contributed by atoms with Gasteiger partial charge in [0.2, 0.25) is 11.9 Å². The summed E-state index contributed by atoms with van der Waals surface area (Å²) in [6, 6.07) is 11.4. The van der Waals surface area contributed by atoms with Crippen LogP contribution in [0.1, 0.15) is 49.4 Å². The second kappa shape index (κ2) is 12.1. The van der Waals surface area contributed by atoms with Crippen molar-refractivity contribution in [2.45, 2.75) is 56.2 Å². The molecule has 0 bridgehead atoms. The highest BCUT2D eigenvalue weighted by molar-refractivity contribution is 6.31. The molecule has 2 heterocycles. The summed E-state index contributed by atoms with van der Waals surface area (Å²) < 4.78 is 41.5. The zero-order chi connectivity index (χ0) is 30.9. The Kier molecular flexibility index (Phi) is 8.48. The minimum absolute atomic E-state index is 0.0427. The van der Waals surface area contributed by atoms with E-state index >= 15 is 0 Å². The lowest BCUT2D eigenvalue weighted by molar-refractivity contribution is -0.129. The van der Waals surface area contributed by atoms with Crippen molar-refractivity contribution < 1.29 is 32.7 Å². The highest BCUT2D eigenvalue weighted by Gasteiger charge is 2.49. The van der Waals surface area contributed by atoms with E-state index in [0.29, 0.717) is 0 Å². The lowest BCUT2D eigenvalue weighted by Gasteiger charge is -2.37. The van der Waals surface area contributed by atoms with E-state index in [0.717, 1.165) is 21.9 Å². The molecule has 222 valence electrons. The van der Waals surface area contributed by atoms with Crippen LogP contribution in [-0.2, 0) is 14.4 Å². The van der Waals surface area contributed by atoms with Gasteiger partial charge in [-0.1, -0.05) is 35.9 Å². The first kappa shape index (κ1) is 30.1. The number of aliphatic hydroxyl groups is 1. The van der Waals surface area contributed by atoms with Crippen molar-refractivity contribution >= 4 is 40.8 Å². The van der Waals surface area contributed by atoms with Crippen molar-refractivity contribution in [1.82, 2.24) is 9.97 Å². The highest BCUT2D eigenvalue weighted by atomic mass is 35.5. The third-order valence-corrected chi connectivity index (χ3v) is 7.94. The van der Waals surface area contributed by atoms with Gasteiger partial charge in [0.25, 0.3) is 11.8 Å². The summed E-state index contributed by atoms with van der Waals surface area (Å²) in [6.07, 6.45) is -1.56. The van der Waals surface area contributed by atoms with Crippen LogP contribution in [0.15, 0.2) is 60.8 Å². The maximum atomic E-state index is 14.6. The number of aliphatic hydroxyl groups excluding tert-OH is 1. The van der Waals surface area contributed by atoms with Crippen LogP contribution in [0.3, 0.4) is 0 Å². The number of carbonyl (C=O) groups is 3. The van der Waals surface area contributed by atoms with Gasteiger partial charge in [-0.3, -0.25) is 24.2 Å². The number of Topliss-reactive ketones (excluding diaryl/α,β-unsaturated/α-hetero) is 1. The molecule has 1 aliphatic carbocycles. The van der Waals surface area contributed by atoms with E-state index in [4.69, 9.17) is 11.6 Å². The summed E-state index contributed by atoms with van der Waals surface area (Å²) in [7, 11) is 0. The van der Waals surface area contributed by atoms with Crippen molar-refractivity contribution in [1.29, 1.82) is 5.26 Å². The van der Waals surface area contributed by atoms with Crippen LogP contribution in [0, 0.1) is 23.1 Å². The summed E-state index contributed by atoms with van der Waals surface area (Å²) in [5.41, 5.74) is 0.0573. The van der Waals surface area contributed by atoms with Gasteiger partial charge in [0, 0.05) is 48.2 Å². The quantitative estimate of drug-likeness (QED) is 0.369. The minimum atomic E-state index is -2.77. The zero-order valence-corrected chi connectivity index (χ0v) is 23.3. The van der Waals surface area contributed by atoms with Crippen LogP contribution < -0.4 is 9.80 Å². The summed E-state index contributed by atoms with van der Waals surface area (Å²) in [4.78, 5) is 51.4. The molecule has 0 radical (unpaired) electrons. The predicted octanol–water partition coefficient (Wildman–Crippen LogP) is 4.78. The average molecular weight is 612 g/mol. The molecule has 1 aromatic heterocycles. The van der Waals surface area contributed by atoms with E-state index < -0.39 is 53.9 Å². The van der Waals surface area contributed by atoms with Crippen LogP contribution in [0.5, 0.6) is 0 Å². The van der Waals surface area contributed by atoms with Crippen molar-refractivity contribution in [3.8, 4) is 6.07 Å². The molecule has 2 aliphatic rings. The summed E-state index contributed by atoms with van der Waals surface area (Å²) >= 11 is 6.51. The van der Waals surface area contributed by atoms with Crippen molar-refractivity contribution in [2.24, 2.45) is 5.92 Å². The Hall–Kier alpha value is -4.34. The lowest BCUT2D eigenvalue weighted by Crippen LogP contribution is -2.50. The maximum absolute atomic E-state index is 14.6. The third-order valence-electron chi connectivity index (χ3n) is 7.60. The van der Waals surface area contributed by atoms with Crippen molar-refractivity contribution in [2.75, 3.05) is 9.80 Å². The molecule has 3 aromatic rings. The Bertz CT molecular complexity index is 1610. The number of nitrogens with zero attached hydrogens (tertiary/aromatic N) is 5. The molecule has 13 heteroatoms. The van der Waals surface area contributed by atoms with Crippen molar-refractivity contribution in [3.05, 3.63) is 82.9 Å². The topological polar surface area (TPSA) is 127 Å². The Morgan fingerprint density at radius 3 is 2.60 bits per heavy atom. The number of alkyl halides is 2. The Balaban J connectivity index is 1.59. The number of nitriles is 1. The number of ketones is 1. The monoisotopic (exact) mass is 611 g/mol. The molecular weight excluding hydrogens is 587 g/mol. The van der Waals surface area contributed by atoms with Gasteiger partial charge in [-0.05, 0) is 42.7 Å². The number of benzene rings is 2. The SMILES string of the molecule is N#Cc1ccnc(N2C(=O)[C@H](O)C[C@H]2C(=O)N(c2cccc(F)c2)[C@H](C(=O)CCC2CC(F)(F)C2)c2ccccc2Cl)n1. The molecule has 43 heavy (non-hydrogen) atoms. The molecule has 0 spiro atoms. The fourth-order valence-electron chi connectivity index (χ4n) is 5.52. The van der Waals surface area contributed by atoms with Gasteiger partial charge in [0.05, 0.1) is 0 Å². The van der Waals surface area contributed by atoms with E-state index in [-0.39, 0.29) is 59.5 Å². The van der Waals surface area contributed by atoms with E-state index in [1.54, 1.807) is 12.1 Å². The molecular formula is C30H25ClF3N5O4. The first-order valence-electron chi connectivity index (χ1n) is 13.5. The highest BCUT2D eigenvalue weighted by Crippen LogP contribution is 2.45. The molecule has 2 aromatic carbocycles. The van der Waals surface area contributed by atoms with Gasteiger partial charge in [-0.15, -0.1) is 0 Å². The number of rotatable bonds is 9. The maximum Gasteiger partial charge on any atom is 0.259 e. The fourth-order valence-corrected chi connectivity index (χ4v) is 5.76. The van der Waals surface area contributed by atoms with Gasteiger partial charge in [-0.25, -0.2) is 23.1 Å². The Morgan fingerprint density at radius 1 is 1.19 bits per heavy atom. The van der Waals surface area contributed by atoms with E-state index in [1.165, 1.54) is 36.5 Å².